The fourth-order valence-corrected chi connectivity index (χ4v) is 2.62. The molecule has 0 spiro atoms. The van der Waals surface area contributed by atoms with Crippen molar-refractivity contribution in [3.05, 3.63) is 0 Å². The van der Waals surface area contributed by atoms with Crippen molar-refractivity contribution in [2.45, 2.75) is 51.1 Å². The first-order valence-corrected chi connectivity index (χ1v) is 6.77. The molecule has 0 aromatic rings. The van der Waals surface area contributed by atoms with E-state index in [0.29, 0.717) is 6.04 Å². The van der Waals surface area contributed by atoms with Gasteiger partial charge in [0.2, 0.25) is 0 Å². The molecule has 0 aromatic carbocycles. The Labute approximate surface area is 101 Å². The topological polar surface area (TPSA) is 32.5 Å². The summed E-state index contributed by atoms with van der Waals surface area (Å²) in [6, 6.07) is 1.12. The third kappa shape index (κ3) is 4.81. The Morgan fingerprint density at radius 2 is 2.19 bits per heavy atom. The summed E-state index contributed by atoms with van der Waals surface area (Å²) in [5, 5.41) is 0. The summed E-state index contributed by atoms with van der Waals surface area (Å²) in [4.78, 5) is 4.89. The summed E-state index contributed by atoms with van der Waals surface area (Å²) in [6.45, 7) is 5.76. The van der Waals surface area contributed by atoms with Crippen LogP contribution in [0.4, 0.5) is 0 Å². The molecule has 1 fully saturated rings. The zero-order valence-corrected chi connectivity index (χ0v) is 11.3. The minimum atomic E-state index is 0.378. The Morgan fingerprint density at radius 1 is 1.44 bits per heavy atom. The maximum atomic E-state index is 6.18. The van der Waals surface area contributed by atoms with Gasteiger partial charge in [-0.3, -0.25) is 4.90 Å². The van der Waals surface area contributed by atoms with Crippen LogP contribution < -0.4 is 5.73 Å². The molecule has 2 N–H and O–H groups in total. The summed E-state index contributed by atoms with van der Waals surface area (Å²) in [6.07, 6.45) is 6.40. The van der Waals surface area contributed by atoms with E-state index in [9.17, 15) is 0 Å². The quantitative estimate of drug-likeness (QED) is 0.716. The minimum Gasteiger partial charge on any atom is -0.327 e. The Bertz CT molecular complexity index is 182. The van der Waals surface area contributed by atoms with E-state index in [0.717, 1.165) is 12.6 Å². The summed E-state index contributed by atoms with van der Waals surface area (Å²) in [5.74, 6) is 0. The second-order valence-electron chi connectivity index (χ2n) is 5.46. The van der Waals surface area contributed by atoms with Gasteiger partial charge in [-0.1, -0.05) is 19.8 Å². The van der Waals surface area contributed by atoms with E-state index in [2.05, 4.69) is 30.8 Å². The van der Waals surface area contributed by atoms with Crippen LogP contribution >= 0.6 is 0 Å². The second kappa shape index (κ2) is 7.25. The highest BCUT2D eigenvalue weighted by molar-refractivity contribution is 4.83. The lowest BCUT2D eigenvalue weighted by atomic mass is 10.1. The van der Waals surface area contributed by atoms with Gasteiger partial charge in [-0.25, -0.2) is 0 Å². The monoisotopic (exact) mass is 227 g/mol. The lowest BCUT2D eigenvalue weighted by Crippen LogP contribution is -2.43. The second-order valence-corrected chi connectivity index (χ2v) is 5.46. The van der Waals surface area contributed by atoms with Crippen molar-refractivity contribution in [3.8, 4) is 0 Å². The van der Waals surface area contributed by atoms with Crippen molar-refractivity contribution in [1.82, 2.24) is 9.80 Å². The van der Waals surface area contributed by atoms with Gasteiger partial charge in [-0.15, -0.1) is 0 Å². The maximum Gasteiger partial charge on any atom is 0.0224 e. The number of unbranched alkanes of at least 4 members (excludes halogenated alkanes) is 1. The van der Waals surface area contributed by atoms with Gasteiger partial charge in [0.05, 0.1) is 0 Å². The van der Waals surface area contributed by atoms with Gasteiger partial charge in [-0.2, -0.15) is 0 Å². The zero-order chi connectivity index (χ0) is 12.0. The molecule has 16 heavy (non-hydrogen) atoms. The summed E-state index contributed by atoms with van der Waals surface area (Å²) >= 11 is 0. The minimum absolute atomic E-state index is 0.378. The zero-order valence-electron chi connectivity index (χ0n) is 11.3. The van der Waals surface area contributed by atoms with E-state index in [1.54, 1.807) is 0 Å². The summed E-state index contributed by atoms with van der Waals surface area (Å²) < 4.78 is 0. The molecule has 0 bridgehead atoms. The van der Waals surface area contributed by atoms with E-state index in [-0.39, 0.29) is 0 Å². The Hall–Kier alpha value is -0.120. The van der Waals surface area contributed by atoms with Crippen LogP contribution in [0.15, 0.2) is 0 Å². The normalized spacial score (nSPS) is 24.2. The Balaban J connectivity index is 2.28. The van der Waals surface area contributed by atoms with Gasteiger partial charge in [-0.05, 0) is 39.9 Å². The molecule has 1 aliphatic heterocycles. The van der Waals surface area contributed by atoms with Crippen LogP contribution in [0.3, 0.4) is 0 Å². The lowest BCUT2D eigenvalue weighted by Gasteiger charge is -2.29. The van der Waals surface area contributed by atoms with Crippen molar-refractivity contribution in [2.24, 2.45) is 5.73 Å². The SMILES string of the molecule is CCCCC(N)CN1CCCC1CN(C)C. The third-order valence-corrected chi connectivity index (χ3v) is 3.47. The van der Waals surface area contributed by atoms with Crippen LogP contribution in [0, 0.1) is 0 Å². The van der Waals surface area contributed by atoms with Crippen molar-refractivity contribution in [1.29, 1.82) is 0 Å². The van der Waals surface area contributed by atoms with Gasteiger partial charge < -0.3 is 10.6 Å². The van der Waals surface area contributed by atoms with Crippen molar-refractivity contribution < 1.29 is 0 Å². The Morgan fingerprint density at radius 3 is 2.81 bits per heavy atom. The molecule has 1 rings (SSSR count). The highest BCUT2D eigenvalue weighted by atomic mass is 15.2. The number of hydrogen-bond donors (Lipinski definition) is 1. The number of nitrogens with two attached hydrogens (primary N) is 1. The van der Waals surface area contributed by atoms with Crippen LogP contribution in [0.25, 0.3) is 0 Å². The molecular weight excluding hydrogens is 198 g/mol. The first-order chi connectivity index (χ1) is 7.63. The van der Waals surface area contributed by atoms with E-state index in [1.807, 2.05) is 0 Å². The van der Waals surface area contributed by atoms with Gasteiger partial charge in [0.1, 0.15) is 0 Å². The molecule has 1 saturated heterocycles. The average molecular weight is 227 g/mol. The average Bonchev–Trinajstić information content (AvgIpc) is 2.62. The number of nitrogens with zero attached hydrogens (tertiary/aromatic N) is 2. The lowest BCUT2D eigenvalue weighted by molar-refractivity contribution is 0.195. The Kier molecular flexibility index (Phi) is 6.32. The molecule has 3 heteroatoms. The maximum absolute atomic E-state index is 6.18. The highest BCUT2D eigenvalue weighted by Crippen LogP contribution is 2.18. The van der Waals surface area contributed by atoms with Crippen LogP contribution in [0.2, 0.25) is 0 Å². The van der Waals surface area contributed by atoms with E-state index in [4.69, 9.17) is 5.73 Å². The summed E-state index contributed by atoms with van der Waals surface area (Å²) in [7, 11) is 4.32. The number of likely N-dealkylation sites (N-methyl/N-ethyl adjacent to an activating group) is 1. The van der Waals surface area contributed by atoms with Gasteiger partial charge in [0.25, 0.3) is 0 Å². The predicted octanol–water partition coefficient (Wildman–Crippen LogP) is 1.53. The van der Waals surface area contributed by atoms with Gasteiger partial charge >= 0.3 is 0 Å². The first kappa shape index (κ1) is 13.9. The van der Waals surface area contributed by atoms with Crippen molar-refractivity contribution >= 4 is 0 Å². The third-order valence-electron chi connectivity index (χ3n) is 3.47. The number of rotatable bonds is 7. The molecule has 0 saturated carbocycles. The van der Waals surface area contributed by atoms with Gasteiger partial charge in [0.15, 0.2) is 0 Å². The molecule has 2 unspecified atom stereocenters. The van der Waals surface area contributed by atoms with E-state index in [1.165, 1.54) is 45.2 Å². The summed E-state index contributed by atoms with van der Waals surface area (Å²) in [5.41, 5.74) is 6.18. The predicted molar refractivity (Wildman–Crippen MR) is 70.6 cm³/mol. The molecule has 1 heterocycles. The van der Waals surface area contributed by atoms with Crippen LogP contribution in [-0.2, 0) is 0 Å². The number of hydrogen-bond acceptors (Lipinski definition) is 3. The molecule has 0 aromatic heterocycles. The first-order valence-electron chi connectivity index (χ1n) is 6.77. The molecule has 1 aliphatic rings. The molecule has 0 amide bonds. The van der Waals surface area contributed by atoms with E-state index >= 15 is 0 Å². The van der Waals surface area contributed by atoms with Crippen LogP contribution in [0.1, 0.15) is 39.0 Å². The van der Waals surface area contributed by atoms with Gasteiger partial charge in [0, 0.05) is 25.2 Å². The molecule has 0 radical (unpaired) electrons. The highest BCUT2D eigenvalue weighted by Gasteiger charge is 2.25. The fourth-order valence-electron chi connectivity index (χ4n) is 2.62. The van der Waals surface area contributed by atoms with Crippen LogP contribution in [0.5, 0.6) is 0 Å². The molecule has 3 nitrogen and oxygen atoms in total. The fraction of sp³-hybridized carbons (Fsp3) is 1.00. The number of likely N-dealkylation sites (tertiary alicyclic amines) is 1. The van der Waals surface area contributed by atoms with Crippen LogP contribution in [-0.4, -0.2) is 55.6 Å². The van der Waals surface area contributed by atoms with Crippen molar-refractivity contribution in [3.63, 3.8) is 0 Å². The molecular formula is C13H29N3. The largest absolute Gasteiger partial charge is 0.327 e. The van der Waals surface area contributed by atoms with Crippen molar-refractivity contribution in [2.75, 3.05) is 33.7 Å². The molecule has 2 atom stereocenters. The standard InChI is InChI=1S/C13H29N3/c1-4-5-7-12(14)10-16-9-6-8-13(16)11-15(2)3/h12-13H,4-11,14H2,1-3H3. The molecule has 96 valence electrons. The molecule has 0 aliphatic carbocycles. The van der Waals surface area contributed by atoms with E-state index < -0.39 is 0 Å². The smallest absolute Gasteiger partial charge is 0.0224 e.